The molecular weight excluding hydrogens is 324 g/mol. The van der Waals surface area contributed by atoms with E-state index in [-0.39, 0.29) is 0 Å². The van der Waals surface area contributed by atoms with Crippen LogP contribution < -0.4 is 0 Å². The topological polar surface area (TPSA) is 0 Å². The normalized spacial score (nSPS) is 12.6. The molecule has 0 heteroatoms. The van der Waals surface area contributed by atoms with Crippen LogP contribution in [0.25, 0.3) is 0 Å². The molecule has 0 aliphatic carbocycles. The minimum atomic E-state index is 0.959. The third-order valence-electron chi connectivity index (χ3n) is 6.14. The van der Waals surface area contributed by atoms with Gasteiger partial charge in [-0.15, -0.1) is 0 Å². The minimum Gasteiger partial charge on any atom is -0.0625 e. The molecule has 0 spiro atoms. The summed E-state index contributed by atoms with van der Waals surface area (Å²) in [7, 11) is 0. The predicted molar refractivity (Wildman–Crippen MR) is 126 cm³/mol. The van der Waals surface area contributed by atoms with Gasteiger partial charge >= 0.3 is 0 Å². The van der Waals surface area contributed by atoms with E-state index in [4.69, 9.17) is 0 Å². The van der Waals surface area contributed by atoms with Crippen LogP contribution >= 0.6 is 0 Å². The van der Waals surface area contributed by atoms with Gasteiger partial charge in [-0.2, -0.15) is 0 Å². The van der Waals surface area contributed by atoms with Crippen LogP contribution in [0.15, 0.2) is 0 Å². The predicted octanol–water partition coefficient (Wildman–Crippen LogP) is 10.3. The Labute approximate surface area is 174 Å². The molecule has 0 bridgehead atoms. The van der Waals surface area contributed by atoms with E-state index in [2.05, 4.69) is 20.8 Å². The van der Waals surface area contributed by atoms with Crippen molar-refractivity contribution in [2.45, 2.75) is 155 Å². The maximum absolute atomic E-state index is 3.91. The van der Waals surface area contributed by atoms with Crippen molar-refractivity contribution in [2.24, 2.45) is 5.92 Å². The maximum atomic E-state index is 3.91. The number of hydrogen-bond donors (Lipinski definition) is 0. The molecule has 1 unspecified atom stereocenters. The van der Waals surface area contributed by atoms with Crippen molar-refractivity contribution >= 4 is 0 Å². The molecule has 0 aliphatic rings. The van der Waals surface area contributed by atoms with E-state index < -0.39 is 0 Å². The molecule has 0 rings (SSSR count). The van der Waals surface area contributed by atoms with Crippen LogP contribution in [-0.2, 0) is 0 Å². The standard InChI is InChI=1S/C27H54/c1-4-6-8-10-12-14-16-18-20-22-24-26-27(3)25-23-21-19-17-15-13-11-9-7-5-2/h27H,1-2,4-26H2,3H3. The molecule has 0 aromatic carbocycles. The van der Waals surface area contributed by atoms with Crippen LogP contribution in [0.1, 0.15) is 155 Å². The van der Waals surface area contributed by atoms with Gasteiger partial charge in [-0.25, -0.2) is 0 Å². The summed E-state index contributed by atoms with van der Waals surface area (Å²) in [5.74, 6) is 0.959. The molecule has 1 atom stereocenters. The average molecular weight is 379 g/mol. The molecule has 2 radical (unpaired) electrons. The Morgan fingerprint density at radius 3 is 0.852 bits per heavy atom. The number of unbranched alkanes of at least 4 members (excludes halogenated alkanes) is 19. The monoisotopic (exact) mass is 378 g/mol. The van der Waals surface area contributed by atoms with E-state index in [1.807, 2.05) is 0 Å². The lowest BCUT2D eigenvalue weighted by molar-refractivity contribution is 0.430. The first-order chi connectivity index (χ1) is 13.3. The smallest absolute Gasteiger partial charge is 0.0443 e. The summed E-state index contributed by atoms with van der Waals surface area (Å²) in [6.07, 6.45) is 32.6. The Morgan fingerprint density at radius 2 is 0.593 bits per heavy atom. The molecular formula is C27H54. The van der Waals surface area contributed by atoms with E-state index in [9.17, 15) is 0 Å². The Balaban J connectivity index is 3.12. The Hall–Kier alpha value is 0. The zero-order valence-electron chi connectivity index (χ0n) is 19.3. The summed E-state index contributed by atoms with van der Waals surface area (Å²) in [4.78, 5) is 0. The van der Waals surface area contributed by atoms with Crippen molar-refractivity contribution < 1.29 is 0 Å². The van der Waals surface area contributed by atoms with Crippen LogP contribution in [-0.4, -0.2) is 0 Å². The molecule has 162 valence electrons. The van der Waals surface area contributed by atoms with Gasteiger partial charge in [0.15, 0.2) is 0 Å². The summed E-state index contributed by atoms with van der Waals surface area (Å²) >= 11 is 0. The molecule has 0 N–H and O–H groups in total. The lowest BCUT2D eigenvalue weighted by Gasteiger charge is -2.11. The Kier molecular flexibility index (Phi) is 24.0. The van der Waals surface area contributed by atoms with E-state index in [1.54, 1.807) is 0 Å². The second-order valence-corrected chi connectivity index (χ2v) is 9.11. The fourth-order valence-electron chi connectivity index (χ4n) is 4.14. The average Bonchev–Trinajstić information content (AvgIpc) is 2.67. The highest BCUT2D eigenvalue weighted by Crippen LogP contribution is 2.19. The van der Waals surface area contributed by atoms with E-state index in [0.29, 0.717) is 0 Å². The van der Waals surface area contributed by atoms with Crippen LogP contribution in [0.4, 0.5) is 0 Å². The third-order valence-corrected chi connectivity index (χ3v) is 6.14. The first kappa shape index (κ1) is 27.0. The highest BCUT2D eigenvalue weighted by Gasteiger charge is 2.02. The fourth-order valence-corrected chi connectivity index (χ4v) is 4.14. The molecule has 0 aliphatic heterocycles. The molecule has 0 heterocycles. The van der Waals surface area contributed by atoms with Gasteiger partial charge in [0, 0.05) is 0 Å². The maximum Gasteiger partial charge on any atom is -0.0443 e. The van der Waals surface area contributed by atoms with Crippen molar-refractivity contribution in [3.8, 4) is 0 Å². The van der Waals surface area contributed by atoms with Gasteiger partial charge in [-0.3, -0.25) is 0 Å². The van der Waals surface area contributed by atoms with Crippen LogP contribution in [0.5, 0.6) is 0 Å². The second-order valence-electron chi connectivity index (χ2n) is 9.11. The van der Waals surface area contributed by atoms with Gasteiger partial charge in [0.05, 0.1) is 0 Å². The van der Waals surface area contributed by atoms with Crippen LogP contribution in [0.3, 0.4) is 0 Å². The van der Waals surface area contributed by atoms with Gasteiger partial charge in [0.1, 0.15) is 0 Å². The SMILES string of the molecule is [CH2]CCCCCCCCCCCCC(C)CCCCCCCCCCC[CH2]. The van der Waals surface area contributed by atoms with Crippen molar-refractivity contribution in [2.75, 3.05) is 0 Å². The van der Waals surface area contributed by atoms with Crippen LogP contribution in [0, 0.1) is 19.8 Å². The van der Waals surface area contributed by atoms with E-state index >= 15 is 0 Å². The van der Waals surface area contributed by atoms with E-state index in [1.165, 1.54) is 135 Å². The quantitative estimate of drug-likeness (QED) is 0.155. The van der Waals surface area contributed by atoms with Crippen molar-refractivity contribution in [3.05, 3.63) is 13.8 Å². The largest absolute Gasteiger partial charge is 0.0625 e. The second kappa shape index (κ2) is 24.0. The molecule has 0 aromatic heterocycles. The summed E-state index contributed by atoms with van der Waals surface area (Å²) in [5, 5.41) is 0. The van der Waals surface area contributed by atoms with Gasteiger partial charge < -0.3 is 0 Å². The highest BCUT2D eigenvalue weighted by molar-refractivity contribution is 4.56. The van der Waals surface area contributed by atoms with Crippen molar-refractivity contribution in [1.82, 2.24) is 0 Å². The lowest BCUT2D eigenvalue weighted by atomic mass is 9.95. The third kappa shape index (κ3) is 24.0. The molecule has 0 saturated heterocycles. The van der Waals surface area contributed by atoms with Gasteiger partial charge in [-0.05, 0) is 5.92 Å². The van der Waals surface area contributed by atoms with Crippen molar-refractivity contribution in [3.63, 3.8) is 0 Å². The van der Waals surface area contributed by atoms with Gasteiger partial charge in [0.25, 0.3) is 0 Å². The molecule has 0 aromatic rings. The van der Waals surface area contributed by atoms with Gasteiger partial charge in [0.2, 0.25) is 0 Å². The minimum absolute atomic E-state index is 0.959. The van der Waals surface area contributed by atoms with Crippen LogP contribution in [0.2, 0.25) is 0 Å². The molecule has 0 saturated carbocycles. The summed E-state index contributed by atoms with van der Waals surface area (Å²) in [5.41, 5.74) is 0. The molecule has 0 nitrogen and oxygen atoms in total. The highest BCUT2D eigenvalue weighted by atomic mass is 14.1. The Bertz CT molecular complexity index is 244. The molecule has 27 heavy (non-hydrogen) atoms. The number of hydrogen-bond acceptors (Lipinski definition) is 0. The zero-order valence-corrected chi connectivity index (χ0v) is 19.3. The van der Waals surface area contributed by atoms with Gasteiger partial charge in [-0.1, -0.05) is 168 Å². The molecule has 0 fully saturated rings. The first-order valence-electron chi connectivity index (χ1n) is 12.9. The Morgan fingerprint density at radius 1 is 0.370 bits per heavy atom. The molecule has 0 amide bonds. The summed E-state index contributed by atoms with van der Waals surface area (Å²) in [6, 6.07) is 0. The lowest BCUT2D eigenvalue weighted by Crippen LogP contribution is -1.95. The number of rotatable bonds is 23. The summed E-state index contributed by atoms with van der Waals surface area (Å²) < 4.78 is 0. The zero-order chi connectivity index (χ0) is 19.8. The van der Waals surface area contributed by atoms with E-state index in [0.717, 1.165) is 18.8 Å². The first-order valence-corrected chi connectivity index (χ1v) is 12.9. The fraction of sp³-hybridized carbons (Fsp3) is 0.926. The van der Waals surface area contributed by atoms with Crippen molar-refractivity contribution in [1.29, 1.82) is 0 Å². The summed E-state index contributed by atoms with van der Waals surface area (Å²) in [6.45, 7) is 10.3.